The molecule has 2 fully saturated rings. The van der Waals surface area contributed by atoms with Crippen LogP contribution in [0.1, 0.15) is 47.0 Å². The standard InChI is InChI=1S/C15H21NO2/c1-10(17)5-12-11(2)13(3)6-14(4,18)8-15(12,7-13)9-16/h5,11,18H,6-8H2,1-4H3/b12-5+/t11?,13?,14?,15-/m0/s1. The monoisotopic (exact) mass is 247 g/mol. The molecule has 0 aliphatic heterocycles. The number of allylic oxidation sites excluding steroid dienone is 2. The molecule has 2 aliphatic carbocycles. The fourth-order valence-corrected chi connectivity index (χ4v) is 4.32. The van der Waals surface area contributed by atoms with Gasteiger partial charge >= 0.3 is 0 Å². The molecule has 3 unspecified atom stereocenters. The summed E-state index contributed by atoms with van der Waals surface area (Å²) in [5.41, 5.74) is -0.623. The average Bonchev–Trinajstić information content (AvgIpc) is 2.35. The normalized spacial score (nSPS) is 49.1. The van der Waals surface area contributed by atoms with Crippen molar-refractivity contribution in [3.8, 4) is 6.07 Å². The van der Waals surface area contributed by atoms with Crippen LogP contribution in [-0.4, -0.2) is 16.5 Å². The van der Waals surface area contributed by atoms with Gasteiger partial charge in [-0.25, -0.2) is 0 Å². The van der Waals surface area contributed by atoms with Gasteiger partial charge < -0.3 is 5.11 Å². The summed E-state index contributed by atoms with van der Waals surface area (Å²) < 4.78 is 0. The predicted octanol–water partition coefficient (Wildman–Crippen LogP) is 2.60. The summed E-state index contributed by atoms with van der Waals surface area (Å²) in [6.45, 7) is 7.53. The highest BCUT2D eigenvalue weighted by Crippen LogP contribution is 2.65. The van der Waals surface area contributed by atoms with Gasteiger partial charge in [0.15, 0.2) is 5.78 Å². The van der Waals surface area contributed by atoms with Crippen LogP contribution in [0.5, 0.6) is 0 Å². The molecule has 0 radical (unpaired) electrons. The SMILES string of the molecule is CC(=O)/C=C1\C(C)C2(C)CC(C)(O)C[C@]1(C#N)C2. The molecular formula is C15H21NO2. The number of nitrogens with zero attached hydrogens (tertiary/aromatic N) is 1. The first kappa shape index (κ1) is 13.3. The molecule has 3 nitrogen and oxygen atoms in total. The van der Waals surface area contributed by atoms with E-state index in [4.69, 9.17) is 0 Å². The van der Waals surface area contributed by atoms with Crippen LogP contribution in [0.15, 0.2) is 11.6 Å². The van der Waals surface area contributed by atoms with Crippen LogP contribution in [0, 0.1) is 28.1 Å². The number of fused-ring (bicyclic) bond motifs is 2. The number of carbonyl (C=O) groups excluding carboxylic acids is 1. The number of hydrogen-bond donors (Lipinski definition) is 1. The molecule has 0 aromatic carbocycles. The molecule has 1 N–H and O–H groups in total. The van der Waals surface area contributed by atoms with E-state index in [1.54, 1.807) is 13.0 Å². The topological polar surface area (TPSA) is 61.1 Å². The molecule has 0 amide bonds. The fraction of sp³-hybridized carbons (Fsp3) is 0.733. The minimum Gasteiger partial charge on any atom is -0.390 e. The summed E-state index contributed by atoms with van der Waals surface area (Å²) in [5, 5.41) is 20.0. The summed E-state index contributed by atoms with van der Waals surface area (Å²) in [6, 6.07) is 2.39. The van der Waals surface area contributed by atoms with Crippen molar-refractivity contribution in [1.82, 2.24) is 0 Å². The molecule has 2 rings (SSSR count). The van der Waals surface area contributed by atoms with Crippen LogP contribution in [0.2, 0.25) is 0 Å². The molecular weight excluding hydrogens is 226 g/mol. The third-order valence-corrected chi connectivity index (χ3v) is 4.81. The molecule has 0 heterocycles. The van der Waals surface area contributed by atoms with E-state index in [0.717, 1.165) is 12.0 Å². The van der Waals surface area contributed by atoms with Crippen LogP contribution in [0.25, 0.3) is 0 Å². The molecule has 0 saturated heterocycles. The fourth-order valence-electron chi connectivity index (χ4n) is 4.32. The van der Waals surface area contributed by atoms with Crippen molar-refractivity contribution in [2.75, 3.05) is 0 Å². The van der Waals surface area contributed by atoms with Gasteiger partial charge in [0.2, 0.25) is 0 Å². The van der Waals surface area contributed by atoms with Crippen molar-refractivity contribution in [2.45, 2.75) is 52.6 Å². The number of nitriles is 1. The largest absolute Gasteiger partial charge is 0.390 e. The second-order valence-electron chi connectivity index (χ2n) is 6.81. The highest BCUT2D eigenvalue weighted by Gasteiger charge is 2.61. The third kappa shape index (κ3) is 1.80. The first-order chi connectivity index (χ1) is 8.14. The predicted molar refractivity (Wildman–Crippen MR) is 68.6 cm³/mol. The van der Waals surface area contributed by atoms with Crippen LogP contribution in [-0.2, 0) is 4.79 Å². The van der Waals surface area contributed by atoms with E-state index in [1.165, 1.54) is 6.92 Å². The Labute approximate surface area is 108 Å². The lowest BCUT2D eigenvalue weighted by atomic mass is 9.63. The number of hydrogen-bond acceptors (Lipinski definition) is 3. The van der Waals surface area contributed by atoms with Crippen LogP contribution >= 0.6 is 0 Å². The van der Waals surface area contributed by atoms with Crippen LogP contribution < -0.4 is 0 Å². The van der Waals surface area contributed by atoms with Gasteiger partial charge in [-0.15, -0.1) is 0 Å². The van der Waals surface area contributed by atoms with Crippen molar-refractivity contribution < 1.29 is 9.90 Å². The van der Waals surface area contributed by atoms with E-state index < -0.39 is 11.0 Å². The molecule has 18 heavy (non-hydrogen) atoms. The van der Waals surface area contributed by atoms with Crippen molar-refractivity contribution in [1.29, 1.82) is 5.26 Å². The van der Waals surface area contributed by atoms with Crippen molar-refractivity contribution in [3.05, 3.63) is 11.6 Å². The molecule has 0 aromatic rings. The zero-order chi connectivity index (χ0) is 13.8. The zero-order valence-corrected chi connectivity index (χ0v) is 11.6. The summed E-state index contributed by atoms with van der Waals surface area (Å²) in [7, 11) is 0. The number of aliphatic hydroxyl groups is 1. The molecule has 4 atom stereocenters. The molecule has 0 spiro atoms. The molecule has 98 valence electrons. The van der Waals surface area contributed by atoms with E-state index >= 15 is 0 Å². The zero-order valence-electron chi connectivity index (χ0n) is 11.6. The summed E-state index contributed by atoms with van der Waals surface area (Å²) >= 11 is 0. The Bertz CT molecular complexity index is 467. The second kappa shape index (κ2) is 3.68. The van der Waals surface area contributed by atoms with Gasteiger partial charge in [0, 0.05) is 0 Å². The number of rotatable bonds is 1. The van der Waals surface area contributed by atoms with E-state index in [0.29, 0.717) is 12.8 Å². The Morgan fingerprint density at radius 3 is 2.56 bits per heavy atom. The third-order valence-electron chi connectivity index (χ3n) is 4.81. The maximum absolute atomic E-state index is 11.4. The smallest absolute Gasteiger partial charge is 0.152 e. The molecule has 2 saturated carbocycles. The van der Waals surface area contributed by atoms with E-state index in [-0.39, 0.29) is 17.1 Å². The Kier molecular flexibility index (Phi) is 2.72. The lowest BCUT2D eigenvalue weighted by Crippen LogP contribution is -2.42. The Morgan fingerprint density at radius 2 is 2.06 bits per heavy atom. The highest BCUT2D eigenvalue weighted by molar-refractivity contribution is 5.88. The minimum atomic E-state index is -0.816. The first-order valence-corrected chi connectivity index (χ1v) is 6.50. The van der Waals surface area contributed by atoms with Crippen molar-refractivity contribution in [2.24, 2.45) is 16.7 Å². The van der Waals surface area contributed by atoms with E-state index in [2.05, 4.69) is 19.9 Å². The number of ketones is 1. The van der Waals surface area contributed by atoms with Gasteiger partial charge in [0.25, 0.3) is 0 Å². The maximum Gasteiger partial charge on any atom is 0.152 e. The molecule has 3 heteroatoms. The molecule has 2 bridgehead atoms. The summed E-state index contributed by atoms with van der Waals surface area (Å²) in [4.78, 5) is 11.4. The lowest BCUT2D eigenvalue weighted by Gasteiger charge is -2.43. The van der Waals surface area contributed by atoms with Gasteiger partial charge in [-0.2, -0.15) is 5.26 Å². The Balaban J connectivity index is 2.59. The van der Waals surface area contributed by atoms with Gasteiger partial charge in [0.05, 0.1) is 17.1 Å². The second-order valence-corrected chi connectivity index (χ2v) is 6.81. The molecule has 2 aliphatic rings. The van der Waals surface area contributed by atoms with E-state index in [9.17, 15) is 15.2 Å². The van der Waals surface area contributed by atoms with Crippen LogP contribution in [0.3, 0.4) is 0 Å². The average molecular weight is 247 g/mol. The van der Waals surface area contributed by atoms with Gasteiger partial charge in [0.1, 0.15) is 0 Å². The van der Waals surface area contributed by atoms with Gasteiger partial charge in [-0.3, -0.25) is 4.79 Å². The Morgan fingerprint density at radius 1 is 1.44 bits per heavy atom. The first-order valence-electron chi connectivity index (χ1n) is 6.50. The molecule has 0 aromatic heterocycles. The summed E-state index contributed by atoms with van der Waals surface area (Å²) in [6.07, 6.45) is 3.52. The van der Waals surface area contributed by atoms with Crippen molar-refractivity contribution in [3.63, 3.8) is 0 Å². The van der Waals surface area contributed by atoms with Gasteiger partial charge in [-0.1, -0.05) is 13.8 Å². The lowest BCUT2D eigenvalue weighted by molar-refractivity contribution is -0.112. The van der Waals surface area contributed by atoms with Gasteiger partial charge in [-0.05, 0) is 56.1 Å². The maximum atomic E-state index is 11.4. The summed E-state index contributed by atoms with van der Waals surface area (Å²) in [5.74, 6) is 0.164. The quantitative estimate of drug-likeness (QED) is 0.724. The minimum absolute atomic E-state index is 0.0118. The Hall–Kier alpha value is -1.14. The highest BCUT2D eigenvalue weighted by atomic mass is 16.3. The number of carbonyl (C=O) groups is 1. The van der Waals surface area contributed by atoms with E-state index in [1.807, 2.05) is 0 Å². The van der Waals surface area contributed by atoms with Crippen molar-refractivity contribution >= 4 is 5.78 Å². The van der Waals surface area contributed by atoms with Crippen LogP contribution in [0.4, 0.5) is 0 Å².